The molecular formula is C30H30N6O3. The molecule has 0 bridgehead atoms. The van der Waals surface area contributed by atoms with Crippen LogP contribution in [0.5, 0.6) is 0 Å². The van der Waals surface area contributed by atoms with Gasteiger partial charge in [0.1, 0.15) is 0 Å². The van der Waals surface area contributed by atoms with Gasteiger partial charge in [0, 0.05) is 37.8 Å². The zero-order valence-corrected chi connectivity index (χ0v) is 21.9. The summed E-state index contributed by atoms with van der Waals surface area (Å²) < 4.78 is 12.7. The highest BCUT2D eigenvalue weighted by Crippen LogP contribution is 2.39. The van der Waals surface area contributed by atoms with Crippen molar-refractivity contribution >= 4 is 22.7 Å². The van der Waals surface area contributed by atoms with E-state index in [-0.39, 0.29) is 18.2 Å². The highest BCUT2D eigenvalue weighted by molar-refractivity contribution is 6.00. The zero-order chi connectivity index (χ0) is 26.8. The molecule has 2 aromatic carbocycles. The molecule has 0 amide bonds. The maximum Gasteiger partial charge on any atom is 0.357 e. The molecule has 9 heteroatoms. The third-order valence-corrected chi connectivity index (χ3v) is 7.34. The highest BCUT2D eigenvalue weighted by Gasteiger charge is 2.34. The number of anilines is 1. The van der Waals surface area contributed by atoms with Crippen LogP contribution >= 0.6 is 0 Å². The lowest BCUT2D eigenvalue weighted by Crippen LogP contribution is -2.45. The lowest BCUT2D eigenvalue weighted by atomic mass is 9.91. The summed E-state index contributed by atoms with van der Waals surface area (Å²) in [5, 5.41) is 15.1. The number of nitriles is 1. The van der Waals surface area contributed by atoms with Crippen molar-refractivity contribution in [1.29, 1.82) is 5.26 Å². The van der Waals surface area contributed by atoms with Crippen LogP contribution in [0.3, 0.4) is 0 Å². The number of likely N-dealkylation sites (tertiary alicyclic amines) is 1. The molecule has 198 valence electrons. The van der Waals surface area contributed by atoms with Gasteiger partial charge in [0.15, 0.2) is 11.3 Å². The molecule has 0 unspecified atom stereocenters. The minimum atomic E-state index is -0.461. The zero-order valence-electron chi connectivity index (χ0n) is 21.9. The van der Waals surface area contributed by atoms with E-state index in [9.17, 15) is 4.79 Å². The first-order valence-corrected chi connectivity index (χ1v) is 13.3. The fourth-order valence-corrected chi connectivity index (χ4v) is 5.36. The summed E-state index contributed by atoms with van der Waals surface area (Å²) in [5.74, 6) is -0.302. The van der Waals surface area contributed by atoms with Crippen LogP contribution in [0.1, 0.15) is 29.0 Å². The number of para-hydroxylation sites is 1. The molecular weight excluding hydrogens is 492 g/mol. The van der Waals surface area contributed by atoms with Crippen molar-refractivity contribution in [3.8, 4) is 22.9 Å². The fraction of sp³-hybridized carbons (Fsp3) is 0.333. The number of rotatable bonds is 7. The second-order valence-corrected chi connectivity index (χ2v) is 9.80. The molecule has 2 saturated heterocycles. The number of hydrogen-bond donors (Lipinski definition) is 0. The van der Waals surface area contributed by atoms with Gasteiger partial charge in [-0.05, 0) is 48.4 Å². The Hall–Kier alpha value is -4.26. The summed E-state index contributed by atoms with van der Waals surface area (Å²) in [6, 6.07) is 22.3. The van der Waals surface area contributed by atoms with Gasteiger partial charge < -0.3 is 14.4 Å². The van der Waals surface area contributed by atoms with Crippen molar-refractivity contribution in [3.05, 3.63) is 72.1 Å². The fourth-order valence-electron chi connectivity index (χ4n) is 5.36. The Bertz CT molecular complexity index is 1510. The lowest BCUT2D eigenvalue weighted by molar-refractivity contribution is 0.0520. The van der Waals surface area contributed by atoms with Gasteiger partial charge in [0.2, 0.25) is 0 Å². The standard InChI is InChI=1S/C30H30N6O3/c1-2-39-30(37)26-18-25(21-8-10-23(11-9-21)35-14-16-38-17-15-35)27-28(22-19-34(20-22)13-12-31)33-36(29(27)32-26)24-6-4-3-5-7-24/h3-11,18,22H,2,13-17,19-20H2,1H3. The lowest BCUT2D eigenvalue weighted by Gasteiger charge is -2.36. The molecule has 0 spiro atoms. The van der Waals surface area contributed by atoms with Crippen molar-refractivity contribution in [1.82, 2.24) is 19.7 Å². The summed E-state index contributed by atoms with van der Waals surface area (Å²) in [6.07, 6.45) is 0. The Morgan fingerprint density at radius 3 is 2.51 bits per heavy atom. The van der Waals surface area contributed by atoms with E-state index in [0.717, 1.165) is 73.0 Å². The number of carbonyl (C=O) groups is 1. The van der Waals surface area contributed by atoms with Crippen molar-refractivity contribution in [2.75, 3.05) is 57.4 Å². The predicted molar refractivity (Wildman–Crippen MR) is 148 cm³/mol. The predicted octanol–water partition coefficient (Wildman–Crippen LogP) is 4.02. The van der Waals surface area contributed by atoms with Gasteiger partial charge in [0.05, 0.1) is 49.2 Å². The van der Waals surface area contributed by atoms with Gasteiger partial charge in [-0.3, -0.25) is 4.90 Å². The molecule has 0 N–H and O–H groups in total. The first-order valence-electron chi connectivity index (χ1n) is 13.3. The molecule has 0 saturated carbocycles. The number of morpholine rings is 1. The Morgan fingerprint density at radius 1 is 1.08 bits per heavy atom. The summed E-state index contributed by atoms with van der Waals surface area (Å²) in [5.41, 5.74) is 5.68. The second kappa shape index (κ2) is 10.8. The average molecular weight is 523 g/mol. The van der Waals surface area contributed by atoms with E-state index in [1.54, 1.807) is 6.92 Å². The van der Waals surface area contributed by atoms with Gasteiger partial charge in [-0.2, -0.15) is 10.4 Å². The number of carbonyl (C=O) groups excluding carboxylic acids is 1. The third kappa shape index (κ3) is 4.85. The molecule has 2 aliphatic rings. The molecule has 39 heavy (non-hydrogen) atoms. The van der Waals surface area contributed by atoms with Crippen molar-refractivity contribution in [2.24, 2.45) is 0 Å². The molecule has 0 atom stereocenters. The van der Waals surface area contributed by atoms with Crippen LogP contribution < -0.4 is 4.90 Å². The van der Waals surface area contributed by atoms with E-state index in [2.05, 4.69) is 40.1 Å². The smallest absolute Gasteiger partial charge is 0.357 e. The molecule has 2 aliphatic heterocycles. The van der Waals surface area contributed by atoms with E-state index in [1.807, 2.05) is 41.1 Å². The van der Waals surface area contributed by atoms with Crippen molar-refractivity contribution < 1.29 is 14.3 Å². The largest absolute Gasteiger partial charge is 0.461 e. The van der Waals surface area contributed by atoms with Crippen LogP contribution in [0.4, 0.5) is 5.69 Å². The van der Waals surface area contributed by atoms with Crippen LogP contribution in [0.2, 0.25) is 0 Å². The van der Waals surface area contributed by atoms with Gasteiger partial charge in [-0.25, -0.2) is 14.5 Å². The molecule has 2 aromatic heterocycles. The van der Waals surface area contributed by atoms with Crippen molar-refractivity contribution in [2.45, 2.75) is 12.8 Å². The van der Waals surface area contributed by atoms with E-state index >= 15 is 0 Å². The molecule has 2 fully saturated rings. The van der Waals surface area contributed by atoms with Gasteiger partial charge in [-0.15, -0.1) is 0 Å². The Balaban J connectivity index is 1.52. The van der Waals surface area contributed by atoms with Gasteiger partial charge >= 0.3 is 5.97 Å². The van der Waals surface area contributed by atoms with E-state index < -0.39 is 5.97 Å². The number of hydrogen-bond acceptors (Lipinski definition) is 8. The number of esters is 1. The Morgan fingerprint density at radius 2 is 1.82 bits per heavy atom. The molecule has 4 aromatic rings. The summed E-state index contributed by atoms with van der Waals surface area (Å²) >= 11 is 0. The number of aromatic nitrogens is 3. The van der Waals surface area contributed by atoms with E-state index in [0.29, 0.717) is 12.2 Å². The first-order chi connectivity index (χ1) is 19.2. The molecule has 6 rings (SSSR count). The normalized spacial score (nSPS) is 16.2. The van der Waals surface area contributed by atoms with Gasteiger partial charge in [0.25, 0.3) is 0 Å². The Labute approximate surface area is 227 Å². The number of fused-ring (bicyclic) bond motifs is 1. The van der Waals surface area contributed by atoms with Crippen molar-refractivity contribution in [3.63, 3.8) is 0 Å². The van der Waals surface area contributed by atoms with Crippen LogP contribution in [0, 0.1) is 11.3 Å². The topological polar surface area (TPSA) is 96.5 Å². The average Bonchev–Trinajstić information content (AvgIpc) is 3.34. The number of pyridine rings is 1. The van der Waals surface area contributed by atoms with Crippen LogP contribution in [0.15, 0.2) is 60.7 Å². The van der Waals surface area contributed by atoms with Gasteiger partial charge in [-0.1, -0.05) is 30.3 Å². The minimum Gasteiger partial charge on any atom is -0.461 e. The number of ether oxygens (including phenoxy) is 2. The van der Waals surface area contributed by atoms with E-state index in [1.165, 1.54) is 0 Å². The Kier molecular flexibility index (Phi) is 6.97. The SMILES string of the molecule is CCOC(=O)c1cc(-c2ccc(N3CCOCC3)cc2)c2c(C3CN(CC#N)C3)nn(-c3ccccc3)c2n1. The van der Waals surface area contributed by atoms with E-state index in [4.69, 9.17) is 24.8 Å². The number of nitrogens with zero attached hydrogens (tertiary/aromatic N) is 6. The maximum atomic E-state index is 12.9. The minimum absolute atomic E-state index is 0.160. The molecule has 9 nitrogen and oxygen atoms in total. The number of benzene rings is 2. The monoisotopic (exact) mass is 522 g/mol. The summed E-state index contributed by atoms with van der Waals surface area (Å²) in [7, 11) is 0. The van der Waals surface area contributed by atoms with Crippen LogP contribution in [0.25, 0.3) is 27.8 Å². The quantitative estimate of drug-likeness (QED) is 0.265. The molecule has 0 radical (unpaired) electrons. The summed E-state index contributed by atoms with van der Waals surface area (Å²) in [4.78, 5) is 22.2. The molecule has 4 heterocycles. The van der Waals surface area contributed by atoms with Crippen LogP contribution in [-0.4, -0.2) is 78.2 Å². The first kappa shape index (κ1) is 25.0. The third-order valence-electron chi connectivity index (χ3n) is 7.34. The second-order valence-electron chi connectivity index (χ2n) is 9.80. The maximum absolute atomic E-state index is 12.9. The highest BCUT2D eigenvalue weighted by atomic mass is 16.5. The molecule has 0 aliphatic carbocycles. The summed E-state index contributed by atoms with van der Waals surface area (Å²) in [6.45, 7) is 7.13. The van der Waals surface area contributed by atoms with Crippen LogP contribution in [-0.2, 0) is 9.47 Å².